The summed E-state index contributed by atoms with van der Waals surface area (Å²) >= 11 is 7.09. The van der Waals surface area contributed by atoms with Gasteiger partial charge in [-0.2, -0.15) is 5.10 Å². The van der Waals surface area contributed by atoms with Crippen molar-refractivity contribution in [3.8, 4) is 28.3 Å². The molecule has 2 fully saturated rings. The first-order valence-electron chi connectivity index (χ1n) is 19.8. The van der Waals surface area contributed by atoms with Crippen molar-refractivity contribution in [2.45, 2.75) is 51.6 Å². The molecule has 3 aromatic carbocycles. The number of fused-ring (bicyclic) bond motifs is 2. The summed E-state index contributed by atoms with van der Waals surface area (Å²) in [5.74, 6) is -0.405. The van der Waals surface area contributed by atoms with Gasteiger partial charge in [-0.3, -0.25) is 24.2 Å². The molecule has 3 N–H and O–H groups in total. The summed E-state index contributed by atoms with van der Waals surface area (Å²) in [7, 11) is 5.09. The molecule has 3 aliphatic rings. The highest BCUT2D eigenvalue weighted by atomic mass is 35.5. The van der Waals surface area contributed by atoms with Crippen LogP contribution in [-0.2, 0) is 36.1 Å². The molecule has 0 radical (unpaired) electrons. The van der Waals surface area contributed by atoms with Crippen LogP contribution in [0.2, 0.25) is 5.02 Å². The molecular weight excluding hydrogens is 762 g/mol. The number of rotatable bonds is 12. The van der Waals surface area contributed by atoms with E-state index in [2.05, 4.69) is 15.1 Å². The lowest BCUT2D eigenvalue weighted by Crippen LogP contribution is -2.36. The highest BCUT2D eigenvalue weighted by molar-refractivity contribution is 6.37. The van der Waals surface area contributed by atoms with Crippen LogP contribution in [0.15, 0.2) is 54.7 Å². The van der Waals surface area contributed by atoms with Gasteiger partial charge >= 0.3 is 11.9 Å². The third-order valence-corrected chi connectivity index (χ3v) is 12.6. The van der Waals surface area contributed by atoms with Crippen LogP contribution < -0.4 is 14.8 Å². The summed E-state index contributed by atoms with van der Waals surface area (Å²) in [5.41, 5.74) is 6.36. The smallest absolute Gasteiger partial charge is 0.307 e. The molecule has 15 heteroatoms. The average Bonchev–Trinajstić information content (AvgIpc) is 3.96. The zero-order valence-electron chi connectivity index (χ0n) is 32.9. The fraction of sp³-hybridized carbons (Fsp3) is 0.419. The number of hydrogen-bond donors (Lipinski definition) is 3. The maximum absolute atomic E-state index is 13.8. The molecule has 304 valence electrons. The van der Waals surface area contributed by atoms with Gasteiger partial charge in [0, 0.05) is 75.0 Å². The minimum atomic E-state index is -0.776. The Labute approximate surface area is 341 Å². The van der Waals surface area contributed by atoms with Crippen LogP contribution in [0.3, 0.4) is 0 Å². The van der Waals surface area contributed by atoms with Gasteiger partial charge in [0.1, 0.15) is 11.5 Å². The minimum Gasteiger partial charge on any atom is -0.496 e. The molecule has 2 aliphatic heterocycles. The zero-order valence-corrected chi connectivity index (χ0v) is 33.7. The standard InChI is InChI=1S/C43H48ClN7O7/c1-48-36-15-17-49(21-25-10-12-26(13-11-25)42(53)54)24-34(36)46-40(48)41(52)47-33-8-4-7-30(39(33)44)29-6-5-9-35-31(29)20-45-51(35)28-18-37(57-2)32(38(19-28)58-3)23-50-16-14-27(22-50)43(55)56/h4-9,18-20,25-27H,10-17,21-24H2,1-3H3,(H,47,52)(H,53,54)(H,55,56)/t25?,26?,27-/m1/s1. The minimum absolute atomic E-state index is 0.225. The van der Waals surface area contributed by atoms with E-state index in [9.17, 15) is 24.6 Å². The van der Waals surface area contributed by atoms with Crippen LogP contribution in [0.4, 0.5) is 5.69 Å². The van der Waals surface area contributed by atoms with Crippen molar-refractivity contribution >= 4 is 46.0 Å². The van der Waals surface area contributed by atoms with Gasteiger partial charge in [-0.1, -0.05) is 35.9 Å². The van der Waals surface area contributed by atoms with Crippen molar-refractivity contribution in [2.75, 3.05) is 45.7 Å². The molecular formula is C43H48ClN7O7. The number of aliphatic carboxylic acids is 2. The van der Waals surface area contributed by atoms with Crippen molar-refractivity contribution in [2.24, 2.45) is 24.8 Å². The van der Waals surface area contributed by atoms with Gasteiger partial charge in [0.15, 0.2) is 5.82 Å². The predicted molar refractivity (Wildman–Crippen MR) is 219 cm³/mol. The number of carboxylic acid groups (broad SMARTS) is 2. The SMILES string of the molecule is COc1cc(-n2ncc3c(-c4cccc(NC(=O)c5nc6c(n5C)CCN(CC5CCC(C(=O)O)CC5)C6)c4Cl)cccc32)cc(OC)c1CN1CC[C@@H](C(=O)O)C1. The number of amides is 1. The van der Waals surface area contributed by atoms with Crippen LogP contribution in [0.25, 0.3) is 27.7 Å². The van der Waals surface area contributed by atoms with Crippen LogP contribution in [0, 0.1) is 17.8 Å². The van der Waals surface area contributed by atoms with Crippen LogP contribution in [-0.4, -0.2) is 97.6 Å². The van der Waals surface area contributed by atoms with Crippen molar-refractivity contribution < 1.29 is 34.1 Å². The first-order valence-corrected chi connectivity index (χ1v) is 20.2. The number of anilines is 1. The Bertz CT molecular complexity index is 2360. The van der Waals surface area contributed by atoms with Gasteiger partial charge in [0.25, 0.3) is 5.91 Å². The second-order valence-electron chi connectivity index (χ2n) is 15.7. The molecule has 1 atom stereocenters. The Kier molecular flexibility index (Phi) is 11.2. The van der Waals surface area contributed by atoms with Crippen LogP contribution in [0.5, 0.6) is 11.5 Å². The second kappa shape index (κ2) is 16.4. The van der Waals surface area contributed by atoms with Gasteiger partial charge in [0.2, 0.25) is 0 Å². The number of carbonyl (C=O) groups is 3. The van der Waals surface area contributed by atoms with Gasteiger partial charge in [-0.15, -0.1) is 0 Å². The summed E-state index contributed by atoms with van der Waals surface area (Å²) < 4.78 is 15.4. The number of likely N-dealkylation sites (tertiary alicyclic amines) is 1. The van der Waals surface area contributed by atoms with Crippen LogP contribution in [0.1, 0.15) is 59.7 Å². The normalized spacial score (nSPS) is 19.9. The Morgan fingerprint density at radius 1 is 0.897 bits per heavy atom. The van der Waals surface area contributed by atoms with E-state index in [-0.39, 0.29) is 17.7 Å². The number of benzene rings is 3. The molecule has 2 aromatic heterocycles. The van der Waals surface area contributed by atoms with Crippen molar-refractivity contribution in [3.05, 3.63) is 82.5 Å². The van der Waals surface area contributed by atoms with Crippen molar-refractivity contribution in [1.29, 1.82) is 0 Å². The fourth-order valence-electron chi connectivity index (χ4n) is 9.05. The quantitative estimate of drug-likeness (QED) is 0.126. The van der Waals surface area contributed by atoms with E-state index >= 15 is 0 Å². The number of nitrogens with zero attached hydrogens (tertiary/aromatic N) is 6. The molecule has 1 aliphatic carbocycles. The van der Waals surface area contributed by atoms with E-state index in [1.165, 1.54) is 0 Å². The Hall–Kier alpha value is -5.44. The van der Waals surface area contributed by atoms with E-state index in [4.69, 9.17) is 31.2 Å². The Morgan fingerprint density at radius 2 is 1.60 bits per heavy atom. The average molecular weight is 810 g/mol. The number of methoxy groups -OCH3 is 2. The van der Waals surface area contributed by atoms with E-state index in [1.54, 1.807) is 26.5 Å². The number of aromatic nitrogens is 4. The van der Waals surface area contributed by atoms with Gasteiger partial charge in [-0.05, 0) is 62.3 Å². The van der Waals surface area contributed by atoms with Gasteiger partial charge < -0.3 is 29.6 Å². The van der Waals surface area contributed by atoms with Crippen molar-refractivity contribution in [3.63, 3.8) is 0 Å². The summed E-state index contributed by atoms with van der Waals surface area (Å²) in [6, 6.07) is 15.3. The summed E-state index contributed by atoms with van der Waals surface area (Å²) in [6.07, 6.45) is 6.48. The molecule has 5 aromatic rings. The Morgan fingerprint density at radius 3 is 2.29 bits per heavy atom. The topological polar surface area (TPSA) is 164 Å². The summed E-state index contributed by atoms with van der Waals surface area (Å²) in [5, 5.41) is 27.9. The lowest BCUT2D eigenvalue weighted by molar-refractivity contribution is -0.143. The zero-order chi connectivity index (χ0) is 40.7. The molecule has 1 amide bonds. The fourth-order valence-corrected chi connectivity index (χ4v) is 9.33. The molecule has 8 rings (SSSR count). The molecule has 0 bridgehead atoms. The maximum Gasteiger partial charge on any atom is 0.307 e. The molecule has 1 saturated heterocycles. The summed E-state index contributed by atoms with van der Waals surface area (Å²) in [6.45, 7) is 4.06. The molecule has 14 nitrogen and oxygen atoms in total. The highest BCUT2D eigenvalue weighted by Crippen LogP contribution is 2.40. The number of carboxylic acids is 2. The Balaban J connectivity index is 1.00. The number of halogens is 1. The van der Waals surface area contributed by atoms with Gasteiger partial charge in [-0.25, -0.2) is 9.67 Å². The van der Waals surface area contributed by atoms with Crippen molar-refractivity contribution in [1.82, 2.24) is 29.1 Å². The van der Waals surface area contributed by atoms with E-state index < -0.39 is 11.9 Å². The monoisotopic (exact) mass is 809 g/mol. The maximum atomic E-state index is 13.8. The molecule has 58 heavy (non-hydrogen) atoms. The number of imidazole rings is 1. The van der Waals surface area contributed by atoms with E-state index in [1.807, 2.05) is 58.8 Å². The number of hydrogen-bond acceptors (Lipinski definition) is 9. The largest absolute Gasteiger partial charge is 0.496 e. The highest BCUT2D eigenvalue weighted by Gasteiger charge is 2.32. The first kappa shape index (κ1) is 39.4. The lowest BCUT2D eigenvalue weighted by Gasteiger charge is -2.33. The van der Waals surface area contributed by atoms with E-state index in [0.29, 0.717) is 66.6 Å². The number of ether oxygens (including phenoxy) is 2. The third-order valence-electron chi connectivity index (χ3n) is 12.2. The van der Waals surface area contributed by atoms with E-state index in [0.717, 1.165) is 89.9 Å². The molecule has 0 unspecified atom stereocenters. The van der Waals surface area contributed by atoms with Crippen LogP contribution >= 0.6 is 11.6 Å². The summed E-state index contributed by atoms with van der Waals surface area (Å²) in [4.78, 5) is 46.1. The number of carbonyl (C=O) groups excluding carboxylic acids is 1. The first-order chi connectivity index (χ1) is 28.0. The molecule has 0 spiro atoms. The lowest BCUT2D eigenvalue weighted by atomic mass is 9.81. The third kappa shape index (κ3) is 7.63. The molecule has 1 saturated carbocycles. The van der Waals surface area contributed by atoms with Gasteiger partial charge in [0.05, 0.1) is 65.4 Å². The number of nitrogens with one attached hydrogen (secondary N) is 1. The molecule has 4 heterocycles. The predicted octanol–water partition coefficient (Wildman–Crippen LogP) is 6.50. The second-order valence-corrected chi connectivity index (χ2v) is 16.1.